The third-order valence-electron chi connectivity index (χ3n) is 4.87. The number of hydrogen-bond donors (Lipinski definition) is 1. The van der Waals surface area contributed by atoms with Crippen molar-refractivity contribution in [3.63, 3.8) is 0 Å². The number of benzene rings is 3. The zero-order valence-corrected chi connectivity index (χ0v) is 22.2. The van der Waals surface area contributed by atoms with Crippen LogP contribution in [-0.2, 0) is 4.79 Å². The Balaban J connectivity index is 1.59. The molecule has 3 rings (SSSR count). The van der Waals surface area contributed by atoms with E-state index in [4.69, 9.17) is 28.4 Å². The average Bonchev–Trinajstić information content (AvgIpc) is 2.91. The van der Waals surface area contributed by atoms with Crippen LogP contribution in [0.4, 0.5) is 0 Å². The van der Waals surface area contributed by atoms with Gasteiger partial charge < -0.3 is 28.4 Å². The highest BCUT2D eigenvalue weighted by Gasteiger charge is 2.18. The number of rotatable bonds is 11. The summed E-state index contributed by atoms with van der Waals surface area (Å²) in [5, 5.41) is 3.92. The van der Waals surface area contributed by atoms with Gasteiger partial charge in [0.2, 0.25) is 5.75 Å². The molecule has 1 amide bonds. The zero-order valence-electron chi connectivity index (χ0n) is 20.6. The van der Waals surface area contributed by atoms with Crippen LogP contribution >= 0.6 is 15.9 Å². The van der Waals surface area contributed by atoms with E-state index in [1.165, 1.54) is 39.7 Å². The quantitative estimate of drug-likeness (QED) is 0.157. The minimum Gasteiger partial charge on any atom is -0.497 e. The van der Waals surface area contributed by atoms with Crippen molar-refractivity contribution in [2.24, 2.45) is 5.10 Å². The number of amides is 1. The summed E-state index contributed by atoms with van der Waals surface area (Å²) < 4.78 is 32.6. The molecule has 0 aliphatic rings. The van der Waals surface area contributed by atoms with E-state index < -0.39 is 11.9 Å². The fourth-order valence-corrected chi connectivity index (χ4v) is 3.58. The molecular formula is C26H25BrN2O8. The normalized spacial score (nSPS) is 10.5. The number of carbonyl (C=O) groups is 2. The van der Waals surface area contributed by atoms with Gasteiger partial charge in [0.25, 0.3) is 5.91 Å². The summed E-state index contributed by atoms with van der Waals surface area (Å²) in [7, 11) is 5.94. The van der Waals surface area contributed by atoms with Gasteiger partial charge in [0.05, 0.1) is 44.7 Å². The number of carbonyl (C=O) groups excluding carboxylic acids is 2. The van der Waals surface area contributed by atoms with E-state index in [-0.39, 0.29) is 17.9 Å². The van der Waals surface area contributed by atoms with E-state index in [1.54, 1.807) is 49.6 Å². The first-order chi connectivity index (χ1) is 17.9. The number of halogens is 1. The number of ether oxygens (including phenoxy) is 6. The number of nitrogens with zero attached hydrogens (tertiary/aromatic N) is 1. The summed E-state index contributed by atoms with van der Waals surface area (Å²) in [4.78, 5) is 24.8. The summed E-state index contributed by atoms with van der Waals surface area (Å²) in [5.41, 5.74) is 3.19. The van der Waals surface area contributed by atoms with Crippen molar-refractivity contribution in [3.8, 4) is 34.5 Å². The monoisotopic (exact) mass is 572 g/mol. The van der Waals surface area contributed by atoms with Crippen molar-refractivity contribution < 1.29 is 38.0 Å². The molecule has 3 aromatic rings. The van der Waals surface area contributed by atoms with Gasteiger partial charge in [0, 0.05) is 0 Å². The zero-order chi connectivity index (χ0) is 26.8. The van der Waals surface area contributed by atoms with Crippen LogP contribution in [0.1, 0.15) is 15.9 Å². The van der Waals surface area contributed by atoms with E-state index in [9.17, 15) is 9.59 Å². The Kier molecular flexibility index (Phi) is 9.73. The minimum absolute atomic E-state index is 0.212. The molecule has 0 unspecified atom stereocenters. The minimum atomic E-state index is -0.622. The highest BCUT2D eigenvalue weighted by molar-refractivity contribution is 9.10. The smallest absolute Gasteiger partial charge is 0.343 e. The SMILES string of the molecule is COc1ccc(OCC(=O)N/N=C/c2cccc(OC(=O)c3cc(OC)c(OC)c(OC)c3)c2)c(Br)c1. The Morgan fingerprint density at radius 3 is 2.22 bits per heavy atom. The summed E-state index contributed by atoms with van der Waals surface area (Å²) in [5.74, 6) is 1.37. The lowest BCUT2D eigenvalue weighted by Gasteiger charge is -2.13. The van der Waals surface area contributed by atoms with E-state index in [1.807, 2.05) is 0 Å². The van der Waals surface area contributed by atoms with Crippen molar-refractivity contribution in [1.29, 1.82) is 0 Å². The highest BCUT2D eigenvalue weighted by atomic mass is 79.9. The van der Waals surface area contributed by atoms with Gasteiger partial charge >= 0.3 is 5.97 Å². The van der Waals surface area contributed by atoms with Gasteiger partial charge in [-0.15, -0.1) is 0 Å². The van der Waals surface area contributed by atoms with Crippen LogP contribution in [0.15, 0.2) is 64.2 Å². The number of methoxy groups -OCH3 is 4. The van der Waals surface area contributed by atoms with Crippen LogP contribution in [0.3, 0.4) is 0 Å². The molecule has 37 heavy (non-hydrogen) atoms. The van der Waals surface area contributed by atoms with Crippen LogP contribution in [0.5, 0.6) is 34.5 Å². The van der Waals surface area contributed by atoms with Crippen molar-refractivity contribution in [2.45, 2.75) is 0 Å². The Morgan fingerprint density at radius 2 is 1.59 bits per heavy atom. The Labute approximate surface area is 222 Å². The molecule has 1 N–H and O–H groups in total. The molecular weight excluding hydrogens is 548 g/mol. The molecule has 0 radical (unpaired) electrons. The van der Waals surface area contributed by atoms with Crippen LogP contribution < -0.4 is 33.8 Å². The Morgan fingerprint density at radius 1 is 0.865 bits per heavy atom. The standard InChI is InChI=1S/C26H25BrN2O8/c1-32-18-8-9-21(20(27)13-18)36-15-24(30)29-28-14-16-6-5-7-19(10-16)37-26(31)17-11-22(33-2)25(35-4)23(12-17)34-3/h5-14H,15H2,1-4H3,(H,29,30)/b28-14+. The first-order valence-electron chi connectivity index (χ1n) is 10.8. The predicted octanol–water partition coefficient (Wildman–Crippen LogP) is 4.23. The molecule has 0 atom stereocenters. The molecule has 11 heteroatoms. The maximum atomic E-state index is 12.7. The van der Waals surface area contributed by atoms with Gasteiger partial charge in [-0.05, 0) is 64.0 Å². The second kappa shape index (κ2) is 13.2. The molecule has 0 aromatic heterocycles. The van der Waals surface area contributed by atoms with Crippen LogP contribution in [0.2, 0.25) is 0 Å². The second-order valence-electron chi connectivity index (χ2n) is 7.25. The molecule has 3 aromatic carbocycles. The van der Waals surface area contributed by atoms with Gasteiger partial charge in [-0.1, -0.05) is 12.1 Å². The summed E-state index contributed by atoms with van der Waals surface area (Å²) >= 11 is 3.36. The summed E-state index contributed by atoms with van der Waals surface area (Å²) in [6, 6.07) is 14.8. The first kappa shape index (κ1) is 27.3. The molecule has 194 valence electrons. The molecule has 0 saturated carbocycles. The number of hydrazone groups is 1. The lowest BCUT2D eigenvalue weighted by Crippen LogP contribution is -2.24. The summed E-state index contributed by atoms with van der Waals surface area (Å²) in [6.07, 6.45) is 1.41. The largest absolute Gasteiger partial charge is 0.497 e. The van der Waals surface area contributed by atoms with Crippen LogP contribution in [-0.4, -0.2) is 53.1 Å². The molecule has 0 aliphatic heterocycles. The van der Waals surface area contributed by atoms with E-state index >= 15 is 0 Å². The van der Waals surface area contributed by atoms with Gasteiger partial charge in [0.1, 0.15) is 17.2 Å². The van der Waals surface area contributed by atoms with Crippen molar-refractivity contribution in [3.05, 3.63) is 70.2 Å². The maximum absolute atomic E-state index is 12.7. The average molecular weight is 573 g/mol. The van der Waals surface area contributed by atoms with Gasteiger partial charge in [-0.25, -0.2) is 10.2 Å². The lowest BCUT2D eigenvalue weighted by atomic mass is 10.1. The van der Waals surface area contributed by atoms with Crippen molar-refractivity contribution in [2.75, 3.05) is 35.0 Å². The van der Waals surface area contributed by atoms with Crippen LogP contribution in [0.25, 0.3) is 0 Å². The number of esters is 1. The maximum Gasteiger partial charge on any atom is 0.343 e. The van der Waals surface area contributed by atoms with Gasteiger partial charge in [0.15, 0.2) is 18.1 Å². The van der Waals surface area contributed by atoms with Crippen LogP contribution in [0, 0.1) is 0 Å². The number of nitrogens with one attached hydrogen (secondary N) is 1. The molecule has 0 spiro atoms. The summed E-state index contributed by atoms with van der Waals surface area (Å²) in [6.45, 7) is -0.241. The predicted molar refractivity (Wildman–Crippen MR) is 139 cm³/mol. The van der Waals surface area contributed by atoms with Crippen molar-refractivity contribution >= 4 is 34.0 Å². The van der Waals surface area contributed by atoms with Gasteiger partial charge in [-0.2, -0.15) is 5.10 Å². The van der Waals surface area contributed by atoms with E-state index in [0.29, 0.717) is 38.8 Å². The second-order valence-corrected chi connectivity index (χ2v) is 8.11. The highest BCUT2D eigenvalue weighted by Crippen LogP contribution is 2.38. The Bertz CT molecular complexity index is 1270. The topological polar surface area (TPSA) is 114 Å². The molecule has 10 nitrogen and oxygen atoms in total. The first-order valence-corrected chi connectivity index (χ1v) is 11.6. The fourth-order valence-electron chi connectivity index (χ4n) is 3.10. The fraction of sp³-hybridized carbons (Fsp3) is 0.192. The van der Waals surface area contributed by atoms with Gasteiger partial charge in [-0.3, -0.25) is 4.79 Å². The molecule has 0 saturated heterocycles. The third kappa shape index (κ3) is 7.37. The van der Waals surface area contributed by atoms with E-state index in [0.717, 1.165) is 0 Å². The molecule has 0 aliphatic carbocycles. The molecule has 0 bridgehead atoms. The lowest BCUT2D eigenvalue weighted by molar-refractivity contribution is -0.123. The third-order valence-corrected chi connectivity index (χ3v) is 5.49. The molecule has 0 heterocycles. The number of hydrogen-bond acceptors (Lipinski definition) is 9. The Hall–Kier alpha value is -4.25. The molecule has 0 fully saturated rings. The van der Waals surface area contributed by atoms with E-state index in [2.05, 4.69) is 26.5 Å². The van der Waals surface area contributed by atoms with Crippen molar-refractivity contribution in [1.82, 2.24) is 5.43 Å².